The molecule has 160 valence electrons. The van der Waals surface area contributed by atoms with E-state index in [2.05, 4.69) is 10.3 Å². The number of nitrogens with one attached hydrogen (secondary N) is 1. The lowest BCUT2D eigenvalue weighted by Gasteiger charge is -2.23. The number of aromatic nitrogens is 1. The van der Waals surface area contributed by atoms with E-state index >= 15 is 0 Å². The standard InChI is InChI=1S/C22H27N3O5/c1-28-10-9-24-22(27)20-13-19(30-18-7-4-8-23-14-18)15-25(20)21(26)12-16-5-3-6-17(11-16)29-2/h3-8,11,14,19-20H,9-10,12-13,15H2,1-2H3,(H,24,27). The van der Waals surface area contributed by atoms with Crippen molar-refractivity contribution in [2.75, 3.05) is 33.9 Å². The molecule has 0 radical (unpaired) electrons. The second-order valence-electron chi connectivity index (χ2n) is 7.04. The first-order valence-corrected chi connectivity index (χ1v) is 9.86. The third-order valence-electron chi connectivity index (χ3n) is 4.92. The van der Waals surface area contributed by atoms with Gasteiger partial charge in [0, 0.05) is 26.3 Å². The van der Waals surface area contributed by atoms with E-state index in [1.54, 1.807) is 43.6 Å². The summed E-state index contributed by atoms with van der Waals surface area (Å²) in [6, 6.07) is 10.4. The second kappa shape index (κ2) is 10.6. The fourth-order valence-corrected chi connectivity index (χ4v) is 3.47. The molecule has 2 unspecified atom stereocenters. The van der Waals surface area contributed by atoms with Gasteiger partial charge in [-0.25, -0.2) is 0 Å². The largest absolute Gasteiger partial charge is 0.497 e. The van der Waals surface area contributed by atoms with E-state index in [-0.39, 0.29) is 24.3 Å². The Morgan fingerprint density at radius 1 is 1.20 bits per heavy atom. The van der Waals surface area contributed by atoms with Gasteiger partial charge < -0.3 is 24.4 Å². The summed E-state index contributed by atoms with van der Waals surface area (Å²) in [5.41, 5.74) is 0.828. The molecule has 3 rings (SSSR count). The Hall–Kier alpha value is -3.13. The lowest BCUT2D eigenvalue weighted by molar-refractivity contribution is -0.138. The van der Waals surface area contributed by atoms with Gasteiger partial charge in [0.15, 0.2) is 0 Å². The summed E-state index contributed by atoms with van der Waals surface area (Å²) in [7, 11) is 3.16. The van der Waals surface area contributed by atoms with Crippen molar-refractivity contribution in [1.82, 2.24) is 15.2 Å². The van der Waals surface area contributed by atoms with Crippen molar-refractivity contribution >= 4 is 11.8 Å². The molecule has 1 aromatic carbocycles. The van der Waals surface area contributed by atoms with Crippen LogP contribution >= 0.6 is 0 Å². The molecule has 2 amide bonds. The first-order chi connectivity index (χ1) is 14.6. The Labute approximate surface area is 176 Å². The molecule has 1 aliphatic heterocycles. The number of hydrogen-bond donors (Lipinski definition) is 1. The van der Waals surface area contributed by atoms with E-state index in [0.29, 0.717) is 37.6 Å². The molecule has 2 atom stereocenters. The van der Waals surface area contributed by atoms with Crippen LogP contribution in [-0.4, -0.2) is 67.8 Å². The molecule has 30 heavy (non-hydrogen) atoms. The van der Waals surface area contributed by atoms with Crippen molar-refractivity contribution in [2.45, 2.75) is 25.0 Å². The zero-order valence-corrected chi connectivity index (χ0v) is 17.2. The van der Waals surface area contributed by atoms with E-state index < -0.39 is 6.04 Å². The van der Waals surface area contributed by atoms with Crippen LogP contribution in [0.25, 0.3) is 0 Å². The minimum Gasteiger partial charge on any atom is -0.497 e. The quantitative estimate of drug-likeness (QED) is 0.626. The highest BCUT2D eigenvalue weighted by molar-refractivity contribution is 5.89. The van der Waals surface area contributed by atoms with Gasteiger partial charge in [0.1, 0.15) is 23.6 Å². The average molecular weight is 413 g/mol. The number of hydrogen-bond acceptors (Lipinski definition) is 6. The molecule has 0 aliphatic carbocycles. The molecule has 0 spiro atoms. The fourth-order valence-electron chi connectivity index (χ4n) is 3.47. The zero-order chi connectivity index (χ0) is 21.3. The van der Waals surface area contributed by atoms with Crippen LogP contribution in [0, 0.1) is 0 Å². The number of benzene rings is 1. The van der Waals surface area contributed by atoms with Crippen molar-refractivity contribution in [3.8, 4) is 11.5 Å². The van der Waals surface area contributed by atoms with Gasteiger partial charge in [-0.3, -0.25) is 14.6 Å². The fraction of sp³-hybridized carbons (Fsp3) is 0.409. The third kappa shape index (κ3) is 5.70. The molecule has 1 aliphatic rings. The SMILES string of the molecule is COCCNC(=O)C1CC(Oc2cccnc2)CN1C(=O)Cc1cccc(OC)c1. The van der Waals surface area contributed by atoms with E-state index in [4.69, 9.17) is 14.2 Å². The zero-order valence-electron chi connectivity index (χ0n) is 17.2. The predicted octanol–water partition coefficient (Wildman–Crippen LogP) is 1.44. The highest BCUT2D eigenvalue weighted by Crippen LogP contribution is 2.24. The van der Waals surface area contributed by atoms with Crippen molar-refractivity contribution in [3.05, 3.63) is 54.4 Å². The Kier molecular flexibility index (Phi) is 7.62. The average Bonchev–Trinajstić information content (AvgIpc) is 3.19. The summed E-state index contributed by atoms with van der Waals surface area (Å²) in [5.74, 6) is 0.965. The van der Waals surface area contributed by atoms with Gasteiger partial charge in [-0.2, -0.15) is 0 Å². The maximum Gasteiger partial charge on any atom is 0.243 e. The maximum absolute atomic E-state index is 13.1. The minimum atomic E-state index is -0.596. The number of carbonyl (C=O) groups excluding carboxylic acids is 2. The Balaban J connectivity index is 1.71. The van der Waals surface area contributed by atoms with Crippen molar-refractivity contribution in [2.24, 2.45) is 0 Å². The molecule has 2 heterocycles. The van der Waals surface area contributed by atoms with Crippen LogP contribution in [0.5, 0.6) is 11.5 Å². The molecular formula is C22H27N3O5. The summed E-state index contributed by atoms with van der Waals surface area (Å²) in [6.07, 6.45) is 3.59. The number of pyridine rings is 1. The third-order valence-corrected chi connectivity index (χ3v) is 4.92. The normalized spacial score (nSPS) is 18.1. The van der Waals surface area contributed by atoms with Crippen LogP contribution in [0.2, 0.25) is 0 Å². The molecule has 1 saturated heterocycles. The lowest BCUT2D eigenvalue weighted by Crippen LogP contribution is -2.47. The number of methoxy groups -OCH3 is 2. The van der Waals surface area contributed by atoms with Gasteiger partial charge in [0.25, 0.3) is 0 Å². The predicted molar refractivity (Wildman–Crippen MR) is 110 cm³/mol. The van der Waals surface area contributed by atoms with Gasteiger partial charge >= 0.3 is 0 Å². The Bertz CT molecular complexity index is 846. The molecule has 2 aromatic rings. The van der Waals surface area contributed by atoms with Crippen LogP contribution < -0.4 is 14.8 Å². The Morgan fingerprint density at radius 3 is 2.77 bits per heavy atom. The number of likely N-dealkylation sites (tertiary alicyclic amines) is 1. The molecule has 0 saturated carbocycles. The number of amides is 2. The monoisotopic (exact) mass is 413 g/mol. The number of ether oxygens (including phenoxy) is 3. The summed E-state index contributed by atoms with van der Waals surface area (Å²) in [4.78, 5) is 31.5. The van der Waals surface area contributed by atoms with Crippen molar-refractivity contribution in [3.63, 3.8) is 0 Å². The van der Waals surface area contributed by atoms with Crippen LogP contribution in [0.3, 0.4) is 0 Å². The van der Waals surface area contributed by atoms with Crippen LogP contribution in [0.15, 0.2) is 48.8 Å². The second-order valence-corrected chi connectivity index (χ2v) is 7.04. The van der Waals surface area contributed by atoms with E-state index in [1.165, 1.54) is 0 Å². The summed E-state index contributed by atoms with van der Waals surface area (Å²) in [6.45, 7) is 1.13. The van der Waals surface area contributed by atoms with E-state index in [1.807, 2.05) is 24.3 Å². The summed E-state index contributed by atoms with van der Waals surface area (Å²) >= 11 is 0. The van der Waals surface area contributed by atoms with Crippen LogP contribution in [-0.2, 0) is 20.7 Å². The first kappa shape index (κ1) is 21.6. The molecule has 8 heteroatoms. The molecular weight excluding hydrogens is 386 g/mol. The van der Waals surface area contributed by atoms with Crippen molar-refractivity contribution in [1.29, 1.82) is 0 Å². The molecule has 1 fully saturated rings. The highest BCUT2D eigenvalue weighted by Gasteiger charge is 2.40. The topological polar surface area (TPSA) is 90.0 Å². The summed E-state index contributed by atoms with van der Waals surface area (Å²) in [5, 5.41) is 2.83. The van der Waals surface area contributed by atoms with Gasteiger partial charge in [-0.15, -0.1) is 0 Å². The Morgan fingerprint density at radius 2 is 2.03 bits per heavy atom. The van der Waals surface area contributed by atoms with Crippen LogP contribution in [0.4, 0.5) is 0 Å². The molecule has 1 N–H and O–H groups in total. The van der Waals surface area contributed by atoms with E-state index in [0.717, 1.165) is 5.56 Å². The molecule has 0 bridgehead atoms. The smallest absolute Gasteiger partial charge is 0.243 e. The summed E-state index contributed by atoms with van der Waals surface area (Å²) < 4.78 is 16.2. The first-order valence-electron chi connectivity index (χ1n) is 9.86. The molecule has 8 nitrogen and oxygen atoms in total. The van der Waals surface area contributed by atoms with E-state index in [9.17, 15) is 9.59 Å². The van der Waals surface area contributed by atoms with Crippen LogP contribution in [0.1, 0.15) is 12.0 Å². The number of nitrogens with zero attached hydrogens (tertiary/aromatic N) is 2. The van der Waals surface area contributed by atoms with Gasteiger partial charge in [0.05, 0.1) is 32.9 Å². The number of rotatable bonds is 9. The lowest BCUT2D eigenvalue weighted by atomic mass is 10.1. The minimum absolute atomic E-state index is 0.132. The number of carbonyl (C=O) groups is 2. The van der Waals surface area contributed by atoms with Gasteiger partial charge in [-0.05, 0) is 29.8 Å². The maximum atomic E-state index is 13.1. The highest BCUT2D eigenvalue weighted by atomic mass is 16.5. The van der Waals surface area contributed by atoms with Crippen molar-refractivity contribution < 1.29 is 23.8 Å². The van der Waals surface area contributed by atoms with Gasteiger partial charge in [-0.1, -0.05) is 12.1 Å². The van der Waals surface area contributed by atoms with Gasteiger partial charge in [0.2, 0.25) is 11.8 Å². The molecule has 1 aromatic heterocycles.